The number of halogens is 2. The van der Waals surface area contributed by atoms with E-state index in [1.54, 1.807) is 11.8 Å². The van der Waals surface area contributed by atoms with Gasteiger partial charge in [0.2, 0.25) is 15.9 Å². The van der Waals surface area contributed by atoms with Crippen molar-refractivity contribution in [3.05, 3.63) is 60.2 Å². The van der Waals surface area contributed by atoms with Crippen LogP contribution in [0.3, 0.4) is 0 Å². The first-order chi connectivity index (χ1) is 13.3. The van der Waals surface area contributed by atoms with Gasteiger partial charge in [-0.1, -0.05) is 24.3 Å². The Morgan fingerprint density at radius 3 is 2.11 bits per heavy atom. The number of amides is 1. The molecule has 1 heterocycles. The largest absolute Gasteiger partial charge is 0.339 e. The van der Waals surface area contributed by atoms with Crippen molar-refractivity contribution < 1.29 is 22.0 Å². The van der Waals surface area contributed by atoms with Gasteiger partial charge >= 0.3 is 0 Å². The highest BCUT2D eigenvalue weighted by Gasteiger charge is 2.34. The van der Waals surface area contributed by atoms with E-state index in [1.807, 2.05) is 30.3 Å². The van der Waals surface area contributed by atoms with Crippen LogP contribution >= 0.6 is 11.8 Å². The normalized spacial score (nSPS) is 16.8. The zero-order valence-corrected chi connectivity index (χ0v) is 16.8. The van der Waals surface area contributed by atoms with E-state index >= 15 is 0 Å². The lowest BCUT2D eigenvalue weighted by molar-refractivity contribution is -0.131. The molecule has 9 heteroatoms. The molecule has 3 rings (SSSR count). The smallest absolute Gasteiger partial charge is 0.249 e. The van der Waals surface area contributed by atoms with Gasteiger partial charge in [0.25, 0.3) is 0 Å². The fourth-order valence-corrected chi connectivity index (χ4v) is 5.52. The Labute approximate surface area is 167 Å². The predicted molar refractivity (Wildman–Crippen MR) is 103 cm³/mol. The van der Waals surface area contributed by atoms with Crippen LogP contribution < -0.4 is 0 Å². The van der Waals surface area contributed by atoms with Crippen LogP contribution in [0.5, 0.6) is 0 Å². The summed E-state index contributed by atoms with van der Waals surface area (Å²) >= 11 is 1.43. The second-order valence-corrected chi connectivity index (χ2v) is 9.64. The molecule has 1 fully saturated rings. The topological polar surface area (TPSA) is 57.7 Å². The van der Waals surface area contributed by atoms with Gasteiger partial charge in [-0.05, 0) is 31.2 Å². The van der Waals surface area contributed by atoms with E-state index in [4.69, 9.17) is 0 Å². The molecule has 28 heavy (non-hydrogen) atoms. The quantitative estimate of drug-likeness (QED) is 0.690. The van der Waals surface area contributed by atoms with Crippen LogP contribution in [0.2, 0.25) is 0 Å². The zero-order valence-electron chi connectivity index (χ0n) is 15.2. The van der Waals surface area contributed by atoms with Gasteiger partial charge in [0.1, 0.15) is 11.6 Å². The number of nitrogens with zero attached hydrogens (tertiary/aromatic N) is 2. The van der Waals surface area contributed by atoms with Gasteiger partial charge in [-0.3, -0.25) is 4.79 Å². The van der Waals surface area contributed by atoms with E-state index in [1.165, 1.54) is 11.8 Å². The van der Waals surface area contributed by atoms with Crippen LogP contribution in [-0.2, 0) is 14.8 Å². The Morgan fingerprint density at radius 2 is 1.54 bits per heavy atom. The highest BCUT2D eigenvalue weighted by Crippen LogP contribution is 2.26. The van der Waals surface area contributed by atoms with E-state index in [-0.39, 0.29) is 37.3 Å². The maximum Gasteiger partial charge on any atom is 0.249 e. The molecule has 0 aromatic heterocycles. The molecule has 2 aromatic carbocycles. The lowest BCUT2D eigenvalue weighted by atomic mass is 10.3. The molecule has 1 aliphatic heterocycles. The number of sulfonamides is 1. The number of rotatable bonds is 5. The molecule has 1 saturated heterocycles. The van der Waals surface area contributed by atoms with Crippen molar-refractivity contribution in [3.8, 4) is 0 Å². The van der Waals surface area contributed by atoms with E-state index in [2.05, 4.69) is 0 Å². The molecule has 1 unspecified atom stereocenters. The minimum Gasteiger partial charge on any atom is -0.339 e. The number of hydrogen-bond donors (Lipinski definition) is 0. The van der Waals surface area contributed by atoms with Crippen LogP contribution in [0.4, 0.5) is 8.78 Å². The summed E-state index contributed by atoms with van der Waals surface area (Å²) in [7, 11) is -4.30. The monoisotopic (exact) mass is 426 g/mol. The third-order valence-electron chi connectivity index (χ3n) is 4.47. The molecule has 0 radical (unpaired) electrons. The molecule has 0 saturated carbocycles. The van der Waals surface area contributed by atoms with Gasteiger partial charge in [0.05, 0.1) is 5.25 Å². The Balaban J connectivity index is 1.64. The average Bonchev–Trinajstić information content (AvgIpc) is 2.68. The number of thioether (sulfide) groups is 1. The summed E-state index contributed by atoms with van der Waals surface area (Å²) < 4.78 is 54.1. The molecule has 0 N–H and O–H groups in total. The number of piperazine rings is 1. The second-order valence-electron chi connectivity index (χ2n) is 6.35. The second kappa shape index (κ2) is 8.59. The first-order valence-corrected chi connectivity index (χ1v) is 11.1. The lowest BCUT2D eigenvalue weighted by Crippen LogP contribution is -2.52. The number of hydrogen-bond acceptors (Lipinski definition) is 4. The highest BCUT2D eigenvalue weighted by molar-refractivity contribution is 8.00. The molecule has 1 amide bonds. The molecule has 150 valence electrons. The fraction of sp³-hybridized carbons (Fsp3) is 0.316. The summed E-state index contributed by atoms with van der Waals surface area (Å²) in [5, 5.41) is -0.324. The van der Waals surface area contributed by atoms with Gasteiger partial charge < -0.3 is 4.90 Å². The summed E-state index contributed by atoms with van der Waals surface area (Å²) in [4.78, 5) is 14.3. The Morgan fingerprint density at radius 1 is 0.964 bits per heavy atom. The Kier molecular flexibility index (Phi) is 6.36. The maximum atomic E-state index is 13.9. The van der Waals surface area contributed by atoms with Crippen LogP contribution in [0.15, 0.2) is 58.3 Å². The molecular weight excluding hydrogens is 406 g/mol. The van der Waals surface area contributed by atoms with E-state index in [0.29, 0.717) is 0 Å². The van der Waals surface area contributed by atoms with Gasteiger partial charge in [0.15, 0.2) is 4.90 Å². The summed E-state index contributed by atoms with van der Waals surface area (Å²) in [6, 6.07) is 12.5. The third-order valence-corrected chi connectivity index (χ3v) is 7.52. The molecule has 0 bridgehead atoms. The predicted octanol–water partition coefficient (Wildman–Crippen LogP) is 2.98. The Bertz CT molecular complexity index is 927. The number of benzene rings is 2. The SMILES string of the molecule is CC(Sc1ccccc1)C(=O)N1CCN(S(=O)(=O)c2c(F)cccc2F)CC1. The van der Waals surface area contributed by atoms with Gasteiger partial charge in [-0.2, -0.15) is 4.31 Å². The van der Waals surface area contributed by atoms with Gasteiger partial charge in [0, 0.05) is 31.1 Å². The molecule has 1 aliphatic rings. The van der Waals surface area contributed by atoms with Crippen molar-refractivity contribution in [2.75, 3.05) is 26.2 Å². The van der Waals surface area contributed by atoms with E-state index in [9.17, 15) is 22.0 Å². The van der Waals surface area contributed by atoms with Gasteiger partial charge in [-0.25, -0.2) is 17.2 Å². The minimum atomic E-state index is -4.30. The Hall–Kier alpha value is -1.97. The van der Waals surface area contributed by atoms with Crippen LogP contribution in [0, 0.1) is 11.6 Å². The van der Waals surface area contributed by atoms with Crippen molar-refractivity contribution in [1.82, 2.24) is 9.21 Å². The van der Waals surface area contributed by atoms with Crippen LogP contribution in [0.1, 0.15) is 6.92 Å². The number of carbonyl (C=O) groups excluding carboxylic acids is 1. The molecule has 0 spiro atoms. The summed E-state index contributed by atoms with van der Waals surface area (Å²) in [5.74, 6) is -2.33. The van der Waals surface area contributed by atoms with Crippen LogP contribution in [0.25, 0.3) is 0 Å². The maximum absolute atomic E-state index is 13.9. The standard InChI is InChI=1S/C19H20F2N2O3S2/c1-14(27-15-6-3-2-4-7-15)19(24)22-10-12-23(13-11-22)28(25,26)18-16(20)8-5-9-17(18)21/h2-9,14H,10-13H2,1H3. The summed E-state index contributed by atoms with van der Waals surface area (Å²) in [6.07, 6.45) is 0. The highest BCUT2D eigenvalue weighted by atomic mass is 32.2. The average molecular weight is 427 g/mol. The van der Waals surface area contributed by atoms with Crippen molar-refractivity contribution in [3.63, 3.8) is 0 Å². The van der Waals surface area contributed by atoms with Crippen LogP contribution in [-0.4, -0.2) is 55.0 Å². The van der Waals surface area contributed by atoms with Gasteiger partial charge in [-0.15, -0.1) is 11.8 Å². The first kappa shape index (κ1) is 20.8. The molecule has 0 aliphatic carbocycles. The molecule has 2 aromatic rings. The van der Waals surface area contributed by atoms with Crippen molar-refractivity contribution >= 4 is 27.7 Å². The molecular formula is C19H20F2N2O3S2. The summed E-state index contributed by atoms with van der Waals surface area (Å²) in [6.45, 7) is 2.13. The molecule has 1 atom stereocenters. The lowest BCUT2D eigenvalue weighted by Gasteiger charge is -2.35. The van der Waals surface area contributed by atoms with Crippen molar-refractivity contribution in [2.45, 2.75) is 22.0 Å². The fourth-order valence-electron chi connectivity index (χ4n) is 3.02. The van der Waals surface area contributed by atoms with E-state index in [0.717, 1.165) is 27.4 Å². The van der Waals surface area contributed by atoms with E-state index < -0.39 is 26.6 Å². The zero-order chi connectivity index (χ0) is 20.3. The minimum absolute atomic E-state index is 0.00935. The first-order valence-electron chi connectivity index (χ1n) is 8.75. The van der Waals surface area contributed by atoms with Crippen molar-refractivity contribution in [1.29, 1.82) is 0 Å². The third kappa shape index (κ3) is 4.37. The summed E-state index contributed by atoms with van der Waals surface area (Å²) in [5.41, 5.74) is 0. The van der Waals surface area contributed by atoms with Crippen molar-refractivity contribution in [2.24, 2.45) is 0 Å². The number of carbonyl (C=O) groups is 1. The molecule has 5 nitrogen and oxygen atoms in total.